The predicted molar refractivity (Wildman–Crippen MR) is 68.3 cm³/mol. The summed E-state index contributed by atoms with van der Waals surface area (Å²) < 4.78 is 11.2. The molecule has 0 radical (unpaired) electrons. The first-order valence-corrected chi connectivity index (χ1v) is 6.69. The van der Waals surface area contributed by atoms with Gasteiger partial charge in [-0.2, -0.15) is 0 Å². The first kappa shape index (κ1) is 13.6. The number of carbonyl (C=O) groups is 1. The number of hydrogen-bond acceptors (Lipinski definition) is 4. The van der Waals surface area contributed by atoms with Crippen LogP contribution in [0.3, 0.4) is 0 Å². The fourth-order valence-electron chi connectivity index (χ4n) is 2.64. The van der Waals surface area contributed by atoms with Crippen molar-refractivity contribution >= 4 is 6.09 Å². The Morgan fingerprint density at radius 3 is 2.44 bits per heavy atom. The second kappa shape index (κ2) is 4.70. The van der Waals surface area contributed by atoms with Crippen LogP contribution in [0.2, 0.25) is 0 Å². The van der Waals surface area contributed by atoms with E-state index in [9.17, 15) is 4.79 Å². The largest absolute Gasteiger partial charge is 0.444 e. The summed E-state index contributed by atoms with van der Waals surface area (Å²) in [6.45, 7) is 7.68. The van der Waals surface area contributed by atoms with Crippen LogP contribution in [0.15, 0.2) is 0 Å². The molecule has 18 heavy (non-hydrogen) atoms. The van der Waals surface area contributed by atoms with Crippen molar-refractivity contribution in [3.8, 4) is 0 Å². The molecule has 5 nitrogen and oxygen atoms in total. The van der Waals surface area contributed by atoms with E-state index in [2.05, 4.69) is 0 Å². The van der Waals surface area contributed by atoms with Crippen molar-refractivity contribution in [2.45, 2.75) is 57.3 Å². The lowest BCUT2D eigenvalue weighted by Gasteiger charge is -2.51. The average Bonchev–Trinajstić information content (AvgIpc) is 2.23. The van der Waals surface area contributed by atoms with Crippen molar-refractivity contribution in [2.24, 2.45) is 5.73 Å². The van der Waals surface area contributed by atoms with Gasteiger partial charge in [0.25, 0.3) is 0 Å². The van der Waals surface area contributed by atoms with Crippen molar-refractivity contribution < 1.29 is 14.3 Å². The number of carbonyl (C=O) groups excluding carboxylic acids is 1. The first-order chi connectivity index (χ1) is 8.34. The number of ether oxygens (including phenoxy) is 2. The molecular weight excluding hydrogens is 232 g/mol. The van der Waals surface area contributed by atoms with Gasteiger partial charge in [-0.05, 0) is 33.6 Å². The molecule has 0 aliphatic carbocycles. The van der Waals surface area contributed by atoms with Gasteiger partial charge in [0.1, 0.15) is 5.60 Å². The van der Waals surface area contributed by atoms with Gasteiger partial charge in [0, 0.05) is 26.1 Å². The van der Waals surface area contributed by atoms with Gasteiger partial charge in [-0.1, -0.05) is 0 Å². The summed E-state index contributed by atoms with van der Waals surface area (Å²) >= 11 is 0. The number of likely N-dealkylation sites (tertiary alicyclic amines) is 1. The minimum Gasteiger partial charge on any atom is -0.444 e. The summed E-state index contributed by atoms with van der Waals surface area (Å²) in [5.41, 5.74) is 5.12. The van der Waals surface area contributed by atoms with E-state index >= 15 is 0 Å². The van der Waals surface area contributed by atoms with E-state index in [0.717, 1.165) is 19.3 Å². The van der Waals surface area contributed by atoms with Crippen molar-refractivity contribution in [3.63, 3.8) is 0 Å². The van der Waals surface area contributed by atoms with Crippen LogP contribution in [0, 0.1) is 0 Å². The quantitative estimate of drug-likeness (QED) is 0.772. The minimum atomic E-state index is -0.427. The van der Waals surface area contributed by atoms with Crippen LogP contribution in [-0.2, 0) is 9.47 Å². The number of nitrogens with two attached hydrogens (primary N) is 1. The van der Waals surface area contributed by atoms with E-state index in [0.29, 0.717) is 19.6 Å². The highest BCUT2D eigenvalue weighted by molar-refractivity contribution is 5.68. The fraction of sp³-hybridized carbons (Fsp3) is 0.923. The van der Waals surface area contributed by atoms with Crippen LogP contribution in [0.1, 0.15) is 40.0 Å². The second-order valence-electron chi connectivity index (χ2n) is 6.33. The van der Waals surface area contributed by atoms with Gasteiger partial charge >= 0.3 is 6.09 Å². The summed E-state index contributed by atoms with van der Waals surface area (Å²) in [6.07, 6.45) is 2.82. The fourth-order valence-corrected chi connectivity index (χ4v) is 2.64. The molecule has 0 unspecified atom stereocenters. The van der Waals surface area contributed by atoms with Gasteiger partial charge in [0.05, 0.1) is 11.7 Å². The highest BCUT2D eigenvalue weighted by Crippen LogP contribution is 2.40. The number of piperidine rings is 1. The van der Waals surface area contributed by atoms with Crippen molar-refractivity contribution in [1.29, 1.82) is 0 Å². The lowest BCUT2D eigenvalue weighted by Crippen LogP contribution is -2.59. The molecule has 0 aromatic carbocycles. The average molecular weight is 256 g/mol. The Kier molecular flexibility index (Phi) is 3.56. The Morgan fingerprint density at radius 2 is 2.00 bits per heavy atom. The third-order valence-electron chi connectivity index (χ3n) is 3.61. The number of hydrogen-bond donors (Lipinski definition) is 1. The molecule has 2 aliphatic heterocycles. The van der Waals surface area contributed by atoms with Crippen LogP contribution < -0.4 is 5.73 Å². The SMILES string of the molecule is CC(C)(C)OC(=O)N1CCC2(CC1)C[C@H](CN)O2. The van der Waals surface area contributed by atoms with Crippen LogP contribution in [-0.4, -0.2) is 47.9 Å². The molecule has 2 aliphatic rings. The van der Waals surface area contributed by atoms with E-state index in [1.54, 1.807) is 4.90 Å². The Balaban J connectivity index is 1.79. The van der Waals surface area contributed by atoms with Crippen LogP contribution in [0.4, 0.5) is 4.79 Å². The summed E-state index contributed by atoms with van der Waals surface area (Å²) in [5, 5.41) is 0. The van der Waals surface area contributed by atoms with Gasteiger partial charge in [-0.15, -0.1) is 0 Å². The minimum absolute atomic E-state index is 0.0114. The van der Waals surface area contributed by atoms with Gasteiger partial charge in [-0.25, -0.2) is 4.79 Å². The highest BCUT2D eigenvalue weighted by atomic mass is 16.6. The molecule has 1 spiro atoms. The Morgan fingerprint density at radius 1 is 1.44 bits per heavy atom. The normalized spacial score (nSPS) is 26.9. The molecule has 0 bridgehead atoms. The number of nitrogens with zero attached hydrogens (tertiary/aromatic N) is 1. The molecule has 2 N–H and O–H groups in total. The molecule has 1 amide bonds. The molecule has 2 rings (SSSR count). The smallest absolute Gasteiger partial charge is 0.410 e. The molecule has 1 atom stereocenters. The van der Waals surface area contributed by atoms with Gasteiger partial charge in [0.15, 0.2) is 0 Å². The summed E-state index contributed by atoms with van der Waals surface area (Å²) in [5.74, 6) is 0. The lowest BCUT2D eigenvalue weighted by molar-refractivity contribution is -0.219. The van der Waals surface area contributed by atoms with Gasteiger partial charge in [-0.3, -0.25) is 0 Å². The third-order valence-corrected chi connectivity index (χ3v) is 3.61. The van der Waals surface area contributed by atoms with E-state index < -0.39 is 5.60 Å². The topological polar surface area (TPSA) is 64.8 Å². The van der Waals surface area contributed by atoms with Crippen LogP contribution >= 0.6 is 0 Å². The summed E-state index contributed by atoms with van der Waals surface area (Å²) in [7, 11) is 0. The molecule has 0 saturated carbocycles. The van der Waals surface area contributed by atoms with E-state index in [1.807, 2.05) is 20.8 Å². The standard InChI is InChI=1S/C13H24N2O3/c1-12(2,3)18-11(16)15-6-4-13(5-7-15)8-10(9-14)17-13/h10H,4-9,14H2,1-3H3/t10-/m1/s1. The number of rotatable bonds is 1. The molecule has 0 aromatic rings. The maximum absolute atomic E-state index is 11.9. The molecule has 0 aromatic heterocycles. The molecular formula is C13H24N2O3. The van der Waals surface area contributed by atoms with E-state index in [4.69, 9.17) is 15.2 Å². The van der Waals surface area contributed by atoms with Crippen LogP contribution in [0.25, 0.3) is 0 Å². The molecule has 104 valence electrons. The first-order valence-electron chi connectivity index (χ1n) is 6.69. The third kappa shape index (κ3) is 2.95. The van der Waals surface area contributed by atoms with Gasteiger partial charge in [0.2, 0.25) is 0 Å². The summed E-state index contributed by atoms with van der Waals surface area (Å²) in [6, 6.07) is 0. The summed E-state index contributed by atoms with van der Waals surface area (Å²) in [4.78, 5) is 13.7. The highest BCUT2D eigenvalue weighted by Gasteiger charge is 2.47. The van der Waals surface area contributed by atoms with Crippen molar-refractivity contribution in [1.82, 2.24) is 4.90 Å². The molecule has 2 fully saturated rings. The zero-order chi connectivity index (χ0) is 13.4. The maximum Gasteiger partial charge on any atom is 0.410 e. The molecule has 2 heterocycles. The van der Waals surface area contributed by atoms with E-state index in [-0.39, 0.29) is 17.8 Å². The zero-order valence-corrected chi connectivity index (χ0v) is 11.6. The molecule has 5 heteroatoms. The van der Waals surface area contributed by atoms with Crippen molar-refractivity contribution in [2.75, 3.05) is 19.6 Å². The lowest BCUT2D eigenvalue weighted by atomic mass is 9.81. The zero-order valence-electron chi connectivity index (χ0n) is 11.6. The Bertz CT molecular complexity index is 309. The van der Waals surface area contributed by atoms with Gasteiger partial charge < -0.3 is 20.1 Å². The predicted octanol–water partition coefficient (Wildman–Crippen LogP) is 1.50. The monoisotopic (exact) mass is 256 g/mol. The van der Waals surface area contributed by atoms with Crippen LogP contribution in [0.5, 0.6) is 0 Å². The Hall–Kier alpha value is -0.810. The van der Waals surface area contributed by atoms with E-state index in [1.165, 1.54) is 0 Å². The molecule has 2 saturated heterocycles. The van der Waals surface area contributed by atoms with Crippen molar-refractivity contribution in [3.05, 3.63) is 0 Å². The maximum atomic E-state index is 11.9. The Labute approximate surface area is 109 Å². The number of amides is 1. The second-order valence-corrected chi connectivity index (χ2v) is 6.33.